The highest BCUT2D eigenvalue weighted by molar-refractivity contribution is 7.26. The molecule has 8 aromatic rings. The molecule has 1 unspecified atom stereocenters. The van der Waals surface area contributed by atoms with Gasteiger partial charge in [-0.1, -0.05) is 91.0 Å². The summed E-state index contributed by atoms with van der Waals surface area (Å²) in [7, 11) is 0. The van der Waals surface area contributed by atoms with Crippen LogP contribution in [0.1, 0.15) is 28.3 Å². The van der Waals surface area contributed by atoms with Crippen LogP contribution in [-0.4, -0.2) is 10.8 Å². The smallest absolute Gasteiger partial charge is 0.0991 e. The van der Waals surface area contributed by atoms with E-state index >= 15 is 0 Å². The predicted molar refractivity (Wildman–Crippen MR) is 185 cm³/mol. The Morgan fingerprint density at radius 2 is 1.48 bits per heavy atom. The molecule has 2 aromatic heterocycles. The number of nitrogens with two attached hydrogens (primary N) is 1. The van der Waals surface area contributed by atoms with Crippen LogP contribution in [0.15, 0.2) is 138 Å². The zero-order valence-electron chi connectivity index (χ0n) is 23.7. The molecule has 0 aliphatic carbocycles. The molecular weight excluding hydrogens is 557 g/mol. The fourth-order valence-corrected chi connectivity index (χ4v) is 7.44. The predicted octanol–water partition coefficient (Wildman–Crippen LogP) is 9.82. The van der Waals surface area contributed by atoms with E-state index in [1.807, 2.05) is 53.9 Å². The minimum absolute atomic E-state index is 0.358. The van der Waals surface area contributed by atoms with E-state index in [0.29, 0.717) is 5.56 Å². The highest BCUT2D eigenvalue weighted by Crippen LogP contribution is 2.42. The van der Waals surface area contributed by atoms with E-state index in [1.54, 1.807) is 12.1 Å². The Morgan fingerprint density at radius 3 is 2.34 bits per heavy atom. The number of nitrogens with zero attached hydrogens (tertiary/aromatic N) is 3. The molecule has 2 heterocycles. The van der Waals surface area contributed by atoms with E-state index in [-0.39, 0.29) is 6.04 Å². The molecule has 0 aliphatic heterocycles. The number of thiophene rings is 1. The molecule has 0 amide bonds. The van der Waals surface area contributed by atoms with Crippen molar-refractivity contribution in [2.45, 2.75) is 6.04 Å². The average molecular weight is 583 g/mol. The number of hydrogen-bond donors (Lipinski definition) is 1. The Morgan fingerprint density at radius 1 is 0.727 bits per heavy atom. The molecule has 1 atom stereocenters. The number of hydrogen-bond acceptors (Lipinski definition) is 4. The Labute approximate surface area is 258 Å². The summed E-state index contributed by atoms with van der Waals surface area (Å²) >= 11 is 1.86. The number of rotatable bonds is 5. The Hall–Kier alpha value is -5.54. The molecule has 0 aliphatic rings. The largest absolute Gasteiger partial charge is 0.320 e. The molecule has 8 rings (SSSR count). The molecule has 0 radical (unpaired) electrons. The monoisotopic (exact) mass is 582 g/mol. The first-order valence-electron chi connectivity index (χ1n) is 14.5. The summed E-state index contributed by atoms with van der Waals surface area (Å²) in [6.45, 7) is 0. The average Bonchev–Trinajstić information content (AvgIpc) is 3.63. The molecule has 4 nitrogen and oxygen atoms in total. The van der Waals surface area contributed by atoms with E-state index < -0.39 is 0 Å². The third-order valence-electron chi connectivity index (χ3n) is 8.33. The van der Waals surface area contributed by atoms with E-state index in [0.717, 1.165) is 28.1 Å². The van der Waals surface area contributed by atoms with E-state index in [4.69, 9.17) is 16.0 Å². The van der Waals surface area contributed by atoms with Gasteiger partial charge in [-0.3, -0.25) is 4.99 Å². The van der Waals surface area contributed by atoms with Gasteiger partial charge in [-0.25, -0.2) is 0 Å². The first-order valence-corrected chi connectivity index (χ1v) is 15.3. The van der Waals surface area contributed by atoms with Gasteiger partial charge in [0.05, 0.1) is 39.1 Å². The lowest BCUT2D eigenvalue weighted by Crippen LogP contribution is -2.12. The highest BCUT2D eigenvalue weighted by atomic mass is 32.1. The van der Waals surface area contributed by atoms with Crippen molar-refractivity contribution < 1.29 is 0 Å². The molecule has 0 saturated carbocycles. The number of aromatic nitrogens is 1. The molecule has 0 fully saturated rings. The van der Waals surface area contributed by atoms with Gasteiger partial charge in [0.15, 0.2) is 0 Å². The van der Waals surface area contributed by atoms with Gasteiger partial charge in [0.2, 0.25) is 0 Å². The zero-order chi connectivity index (χ0) is 29.6. The number of para-hydroxylation sites is 2. The van der Waals surface area contributed by atoms with Gasteiger partial charge in [-0.2, -0.15) is 5.26 Å². The van der Waals surface area contributed by atoms with Crippen LogP contribution in [0.2, 0.25) is 0 Å². The SMILES string of the molecule is N#Cc1ccc(C(N)c2ccccc2N=Cc2cccc(-n3c4ccccc4c4ccc5c6ccccc6sc5c43)c2)cc1. The van der Waals surface area contributed by atoms with Gasteiger partial charge in [0.1, 0.15) is 0 Å². The topological polar surface area (TPSA) is 67.1 Å². The maximum atomic E-state index is 9.17. The Bertz CT molecular complexity index is 2420. The molecule has 2 N–H and O–H groups in total. The molecule has 0 bridgehead atoms. The van der Waals surface area contributed by atoms with Crippen LogP contribution in [0.3, 0.4) is 0 Å². The highest BCUT2D eigenvalue weighted by Gasteiger charge is 2.18. The van der Waals surface area contributed by atoms with Crippen molar-refractivity contribution in [1.29, 1.82) is 5.26 Å². The number of aliphatic imine (C=N–C) groups is 1. The zero-order valence-corrected chi connectivity index (χ0v) is 24.5. The second kappa shape index (κ2) is 10.6. The summed E-state index contributed by atoms with van der Waals surface area (Å²) in [6, 6.07) is 47.6. The lowest BCUT2D eigenvalue weighted by Gasteiger charge is -2.15. The second-order valence-electron chi connectivity index (χ2n) is 10.9. The fraction of sp³-hybridized carbons (Fsp3) is 0.0256. The maximum Gasteiger partial charge on any atom is 0.0991 e. The van der Waals surface area contributed by atoms with Crippen molar-refractivity contribution in [3.63, 3.8) is 0 Å². The van der Waals surface area contributed by atoms with Crippen molar-refractivity contribution in [1.82, 2.24) is 4.57 Å². The molecule has 6 aromatic carbocycles. The van der Waals surface area contributed by atoms with Gasteiger partial charge in [-0.05, 0) is 59.2 Å². The molecular formula is C39H26N4S. The summed E-state index contributed by atoms with van der Waals surface area (Å²) in [5.41, 5.74) is 14.5. The van der Waals surface area contributed by atoms with Crippen molar-refractivity contribution in [3.8, 4) is 11.8 Å². The van der Waals surface area contributed by atoms with E-state index in [9.17, 15) is 0 Å². The Kier molecular flexibility index (Phi) is 6.31. The normalized spacial score (nSPS) is 12.5. The maximum absolute atomic E-state index is 9.17. The minimum atomic E-state index is -0.358. The van der Waals surface area contributed by atoms with Crippen LogP contribution in [0.4, 0.5) is 5.69 Å². The van der Waals surface area contributed by atoms with Gasteiger partial charge in [0.25, 0.3) is 0 Å². The van der Waals surface area contributed by atoms with Crippen LogP contribution in [0.5, 0.6) is 0 Å². The molecule has 0 spiro atoms. The lowest BCUT2D eigenvalue weighted by molar-refractivity contribution is 0.871. The van der Waals surface area contributed by atoms with Crippen molar-refractivity contribution in [2.24, 2.45) is 10.7 Å². The molecule has 5 heteroatoms. The standard InChI is InChI=1S/C39H26N4S/c40-23-25-16-18-27(19-17-25)37(41)33-12-1-4-13-34(33)42-24-26-8-7-9-28(22-26)43-35-14-5-2-10-29(35)31-20-21-32-30-11-3-6-15-36(30)44-39(32)38(31)43/h1-22,24,37H,41H2. The molecule has 44 heavy (non-hydrogen) atoms. The summed E-state index contributed by atoms with van der Waals surface area (Å²) < 4.78 is 4.99. The fourth-order valence-electron chi connectivity index (χ4n) is 6.20. The summed E-state index contributed by atoms with van der Waals surface area (Å²) in [5, 5.41) is 14.2. The first-order chi connectivity index (χ1) is 21.7. The van der Waals surface area contributed by atoms with Crippen LogP contribution in [-0.2, 0) is 0 Å². The Balaban J connectivity index is 1.24. The van der Waals surface area contributed by atoms with Gasteiger partial charge >= 0.3 is 0 Å². The number of fused-ring (bicyclic) bond motifs is 7. The first kappa shape index (κ1) is 26.1. The van der Waals surface area contributed by atoms with Crippen LogP contribution in [0.25, 0.3) is 47.7 Å². The molecule has 0 saturated heterocycles. The quantitative estimate of drug-likeness (QED) is 0.205. The van der Waals surface area contributed by atoms with Crippen molar-refractivity contribution in [3.05, 3.63) is 156 Å². The summed E-state index contributed by atoms with van der Waals surface area (Å²) in [5.74, 6) is 0. The van der Waals surface area contributed by atoms with Gasteiger partial charge < -0.3 is 10.3 Å². The van der Waals surface area contributed by atoms with Crippen LogP contribution >= 0.6 is 11.3 Å². The van der Waals surface area contributed by atoms with E-state index in [2.05, 4.69) is 95.6 Å². The van der Waals surface area contributed by atoms with Crippen molar-refractivity contribution >= 4 is 65.2 Å². The minimum Gasteiger partial charge on any atom is -0.320 e. The van der Waals surface area contributed by atoms with Gasteiger partial charge in [-0.15, -0.1) is 11.3 Å². The second-order valence-corrected chi connectivity index (χ2v) is 12.0. The lowest BCUT2D eigenvalue weighted by atomic mass is 9.97. The van der Waals surface area contributed by atoms with Crippen LogP contribution < -0.4 is 5.73 Å². The number of nitriles is 1. The van der Waals surface area contributed by atoms with E-state index in [1.165, 1.54) is 42.0 Å². The van der Waals surface area contributed by atoms with Crippen LogP contribution in [0, 0.1) is 11.3 Å². The third kappa shape index (κ3) is 4.28. The molecule has 208 valence electrons. The van der Waals surface area contributed by atoms with Crippen molar-refractivity contribution in [2.75, 3.05) is 0 Å². The summed E-state index contributed by atoms with van der Waals surface area (Å²) in [6.07, 6.45) is 1.91. The third-order valence-corrected chi connectivity index (χ3v) is 9.52. The van der Waals surface area contributed by atoms with Gasteiger partial charge in [0, 0.05) is 38.1 Å². The summed E-state index contributed by atoms with van der Waals surface area (Å²) in [4.78, 5) is 4.92. The number of benzene rings is 6.